The van der Waals surface area contributed by atoms with Crippen molar-refractivity contribution in [1.82, 2.24) is 19.5 Å². The summed E-state index contributed by atoms with van der Waals surface area (Å²) in [6.07, 6.45) is 2.66. The molecule has 0 saturated carbocycles. The highest BCUT2D eigenvalue weighted by atomic mass is 35.5. The summed E-state index contributed by atoms with van der Waals surface area (Å²) in [5.41, 5.74) is -1.50. The van der Waals surface area contributed by atoms with Gasteiger partial charge in [-0.1, -0.05) is 29.3 Å². The number of nitrogens with zero attached hydrogens (tertiary/aromatic N) is 3. The molecule has 148 valence electrons. The molecule has 28 heavy (non-hydrogen) atoms. The highest BCUT2D eigenvalue weighted by molar-refractivity contribution is 7.89. The lowest BCUT2D eigenvalue weighted by Crippen LogP contribution is -2.44. The van der Waals surface area contributed by atoms with Crippen LogP contribution in [0.15, 0.2) is 60.0 Å². The molecule has 7 nitrogen and oxygen atoms in total. The number of hydrogen-bond donors (Lipinski definition) is 2. The number of nitrogens with one attached hydrogen (secondary N) is 1. The summed E-state index contributed by atoms with van der Waals surface area (Å²) in [5.74, 6) is -0.561. The Morgan fingerprint density at radius 3 is 2.50 bits per heavy atom. The molecule has 0 spiro atoms. The third kappa shape index (κ3) is 4.68. The molecule has 11 heteroatoms. The predicted octanol–water partition coefficient (Wildman–Crippen LogP) is 2.59. The van der Waals surface area contributed by atoms with E-state index in [0.29, 0.717) is 5.02 Å². The maximum absolute atomic E-state index is 13.1. The van der Waals surface area contributed by atoms with E-state index in [-0.39, 0.29) is 22.0 Å². The van der Waals surface area contributed by atoms with Gasteiger partial charge in [-0.05, 0) is 36.4 Å². The van der Waals surface area contributed by atoms with Crippen LogP contribution in [0.2, 0.25) is 10.0 Å². The number of rotatable bonds is 7. The van der Waals surface area contributed by atoms with E-state index in [2.05, 4.69) is 14.8 Å². The molecule has 1 aromatic heterocycles. The highest BCUT2D eigenvalue weighted by Gasteiger charge is 2.34. The van der Waals surface area contributed by atoms with E-state index < -0.39 is 28.0 Å². The summed E-state index contributed by atoms with van der Waals surface area (Å²) in [6, 6.07) is 8.81. The van der Waals surface area contributed by atoms with Crippen molar-refractivity contribution in [2.45, 2.75) is 17.0 Å². The van der Waals surface area contributed by atoms with Crippen molar-refractivity contribution in [3.63, 3.8) is 0 Å². The van der Waals surface area contributed by atoms with E-state index in [0.717, 1.165) is 24.3 Å². The van der Waals surface area contributed by atoms with Crippen molar-refractivity contribution in [3.05, 3.63) is 76.5 Å². The van der Waals surface area contributed by atoms with E-state index in [1.165, 1.54) is 35.5 Å². The van der Waals surface area contributed by atoms with Gasteiger partial charge in [-0.2, -0.15) is 5.10 Å². The van der Waals surface area contributed by atoms with Crippen LogP contribution in [0.4, 0.5) is 4.39 Å². The third-order valence-corrected chi connectivity index (χ3v) is 5.97. The molecule has 0 amide bonds. The van der Waals surface area contributed by atoms with Gasteiger partial charge < -0.3 is 5.11 Å². The Labute approximate surface area is 170 Å². The molecule has 3 rings (SSSR count). The van der Waals surface area contributed by atoms with Crippen LogP contribution in [0.1, 0.15) is 5.56 Å². The Balaban J connectivity index is 1.92. The van der Waals surface area contributed by atoms with Crippen molar-refractivity contribution in [1.29, 1.82) is 0 Å². The minimum absolute atomic E-state index is 0.125. The zero-order chi connectivity index (χ0) is 20.4. The van der Waals surface area contributed by atoms with Gasteiger partial charge in [0.25, 0.3) is 0 Å². The lowest BCUT2D eigenvalue weighted by molar-refractivity contribution is 0.0204. The molecule has 0 aliphatic carbocycles. The van der Waals surface area contributed by atoms with Crippen LogP contribution in [-0.2, 0) is 22.2 Å². The predicted molar refractivity (Wildman–Crippen MR) is 102 cm³/mol. The number of aliphatic hydroxyl groups is 1. The molecule has 1 atom stereocenters. The zero-order valence-corrected chi connectivity index (χ0v) is 16.6. The second-order valence-corrected chi connectivity index (χ2v) is 8.64. The van der Waals surface area contributed by atoms with E-state index in [1.807, 2.05) is 0 Å². The monoisotopic (exact) mass is 444 g/mol. The molecular formula is C17H15Cl2FN4O3S. The first-order chi connectivity index (χ1) is 13.2. The topological polar surface area (TPSA) is 97.1 Å². The molecule has 0 radical (unpaired) electrons. The van der Waals surface area contributed by atoms with E-state index in [9.17, 15) is 17.9 Å². The van der Waals surface area contributed by atoms with Crippen molar-refractivity contribution in [3.8, 4) is 0 Å². The normalized spacial score (nSPS) is 14.0. The molecule has 1 heterocycles. The summed E-state index contributed by atoms with van der Waals surface area (Å²) in [6.45, 7) is -0.547. The summed E-state index contributed by atoms with van der Waals surface area (Å²) in [7, 11) is -4.01. The van der Waals surface area contributed by atoms with Crippen LogP contribution >= 0.6 is 23.2 Å². The molecule has 0 aliphatic heterocycles. The van der Waals surface area contributed by atoms with Gasteiger partial charge in [0, 0.05) is 22.2 Å². The van der Waals surface area contributed by atoms with Crippen LogP contribution in [0.25, 0.3) is 0 Å². The first-order valence-corrected chi connectivity index (χ1v) is 10.2. The van der Waals surface area contributed by atoms with Crippen LogP contribution in [0.3, 0.4) is 0 Å². The molecule has 0 saturated heterocycles. The Kier molecular flexibility index (Phi) is 6.01. The quantitative estimate of drug-likeness (QED) is 0.583. The lowest BCUT2D eigenvalue weighted by Gasteiger charge is -2.29. The van der Waals surface area contributed by atoms with Gasteiger partial charge in [0.1, 0.15) is 24.1 Å². The van der Waals surface area contributed by atoms with Crippen LogP contribution in [0.5, 0.6) is 0 Å². The molecule has 2 aromatic carbocycles. The number of aromatic nitrogens is 3. The number of hydrogen-bond acceptors (Lipinski definition) is 5. The van der Waals surface area contributed by atoms with Crippen LogP contribution in [0, 0.1) is 5.82 Å². The SMILES string of the molecule is O=S(=O)(NCC(O)(Cn1cncn1)c1ccc(Cl)cc1Cl)c1ccc(F)cc1. The minimum atomic E-state index is -4.01. The Morgan fingerprint density at radius 1 is 1.18 bits per heavy atom. The second kappa shape index (κ2) is 8.14. The molecule has 0 bridgehead atoms. The number of sulfonamides is 1. The molecule has 1 unspecified atom stereocenters. The molecule has 0 fully saturated rings. The first-order valence-electron chi connectivity index (χ1n) is 7.95. The van der Waals surface area contributed by atoms with Gasteiger partial charge in [-0.25, -0.2) is 27.2 Å². The smallest absolute Gasteiger partial charge is 0.240 e. The van der Waals surface area contributed by atoms with Crippen LogP contribution < -0.4 is 4.72 Å². The molecule has 0 aliphatic rings. The average Bonchev–Trinajstić information content (AvgIpc) is 3.13. The Bertz CT molecular complexity index is 1060. The van der Waals surface area contributed by atoms with Gasteiger partial charge in [0.05, 0.1) is 11.4 Å². The minimum Gasteiger partial charge on any atom is -0.382 e. The van der Waals surface area contributed by atoms with Gasteiger partial charge in [-0.3, -0.25) is 0 Å². The fourth-order valence-electron chi connectivity index (χ4n) is 2.60. The summed E-state index contributed by atoms with van der Waals surface area (Å²) in [4.78, 5) is 3.67. The maximum Gasteiger partial charge on any atom is 0.240 e. The fraction of sp³-hybridized carbons (Fsp3) is 0.176. The summed E-state index contributed by atoms with van der Waals surface area (Å²) in [5, 5.41) is 15.7. The van der Waals surface area contributed by atoms with E-state index in [1.54, 1.807) is 0 Å². The van der Waals surface area contributed by atoms with Crippen molar-refractivity contribution in [2.24, 2.45) is 0 Å². The van der Waals surface area contributed by atoms with E-state index >= 15 is 0 Å². The van der Waals surface area contributed by atoms with Gasteiger partial charge in [-0.15, -0.1) is 0 Å². The van der Waals surface area contributed by atoms with Crippen molar-refractivity contribution < 1.29 is 17.9 Å². The Hall–Kier alpha value is -2.04. The van der Waals surface area contributed by atoms with Crippen molar-refractivity contribution in [2.75, 3.05) is 6.54 Å². The standard InChI is InChI=1S/C17H15Cl2FN4O3S/c18-12-1-6-15(16(19)7-12)17(25,9-24-11-21-10-22-24)8-23-28(26,27)14-4-2-13(20)3-5-14/h1-7,10-11,23,25H,8-9H2. The van der Waals surface area contributed by atoms with Gasteiger partial charge in [0.15, 0.2) is 0 Å². The van der Waals surface area contributed by atoms with Gasteiger partial charge >= 0.3 is 0 Å². The largest absolute Gasteiger partial charge is 0.382 e. The molecule has 2 N–H and O–H groups in total. The molecule has 3 aromatic rings. The third-order valence-electron chi connectivity index (χ3n) is 4.00. The fourth-order valence-corrected chi connectivity index (χ4v) is 4.27. The van der Waals surface area contributed by atoms with Crippen LogP contribution in [-0.4, -0.2) is 34.8 Å². The average molecular weight is 445 g/mol. The highest BCUT2D eigenvalue weighted by Crippen LogP contribution is 2.32. The number of benzene rings is 2. The summed E-state index contributed by atoms with van der Waals surface area (Å²) < 4.78 is 41.8. The molecular weight excluding hydrogens is 430 g/mol. The Morgan fingerprint density at radius 2 is 1.89 bits per heavy atom. The summed E-state index contributed by atoms with van der Waals surface area (Å²) >= 11 is 12.1. The first kappa shape index (κ1) is 20.7. The lowest BCUT2D eigenvalue weighted by atomic mass is 9.94. The second-order valence-electron chi connectivity index (χ2n) is 6.03. The maximum atomic E-state index is 13.1. The van der Waals surface area contributed by atoms with E-state index in [4.69, 9.17) is 23.2 Å². The van der Waals surface area contributed by atoms with Crippen molar-refractivity contribution >= 4 is 33.2 Å². The number of halogens is 3. The zero-order valence-electron chi connectivity index (χ0n) is 14.3. The van der Waals surface area contributed by atoms with Gasteiger partial charge in [0.2, 0.25) is 10.0 Å².